The number of hydrogen-bond donors (Lipinski definition) is 1. The molecule has 1 aliphatic rings. The summed E-state index contributed by atoms with van der Waals surface area (Å²) in [5, 5.41) is 3.39. The molecule has 1 fully saturated rings. The fraction of sp³-hybridized carbons (Fsp3) is 0.294. The van der Waals surface area contributed by atoms with Crippen LogP contribution in [0.2, 0.25) is 0 Å². The molecule has 1 N–H and O–H groups in total. The van der Waals surface area contributed by atoms with Crippen LogP contribution in [0.3, 0.4) is 0 Å². The minimum absolute atomic E-state index is 0.131. The van der Waals surface area contributed by atoms with Gasteiger partial charge >= 0.3 is 0 Å². The third-order valence-electron chi connectivity index (χ3n) is 4.19. The molecule has 3 heteroatoms. The lowest BCUT2D eigenvalue weighted by Crippen LogP contribution is -2.58. The highest BCUT2D eigenvalue weighted by Gasteiger charge is 2.39. The van der Waals surface area contributed by atoms with Gasteiger partial charge in [0.25, 0.3) is 0 Å². The van der Waals surface area contributed by atoms with Crippen molar-refractivity contribution < 1.29 is 4.39 Å². The van der Waals surface area contributed by atoms with E-state index in [1.54, 1.807) is 6.07 Å². The zero-order valence-electron chi connectivity index (χ0n) is 11.4. The van der Waals surface area contributed by atoms with Crippen LogP contribution in [0.4, 0.5) is 4.39 Å². The van der Waals surface area contributed by atoms with Crippen molar-refractivity contribution in [2.45, 2.75) is 18.8 Å². The van der Waals surface area contributed by atoms with Crippen LogP contribution < -0.4 is 5.32 Å². The second-order valence-corrected chi connectivity index (χ2v) is 6.47. The van der Waals surface area contributed by atoms with E-state index >= 15 is 0 Å². The number of halogens is 2. The Hall–Kier alpha value is -1.19. The largest absolute Gasteiger partial charge is 0.315 e. The van der Waals surface area contributed by atoms with Crippen molar-refractivity contribution in [1.82, 2.24) is 5.32 Å². The molecule has 0 radical (unpaired) electrons. The highest BCUT2D eigenvalue weighted by molar-refractivity contribution is 9.10. The normalized spacial score (nSPS) is 16.8. The zero-order chi connectivity index (χ0) is 14.2. The first kappa shape index (κ1) is 13.8. The van der Waals surface area contributed by atoms with E-state index in [2.05, 4.69) is 52.4 Å². The van der Waals surface area contributed by atoms with Crippen molar-refractivity contribution in [2.24, 2.45) is 0 Å². The van der Waals surface area contributed by atoms with Gasteiger partial charge in [0.15, 0.2) is 0 Å². The first-order valence-electron chi connectivity index (χ1n) is 6.81. The van der Waals surface area contributed by atoms with Gasteiger partial charge in [0.2, 0.25) is 0 Å². The quantitative estimate of drug-likeness (QED) is 0.895. The molecule has 1 nitrogen and oxygen atoms in total. The van der Waals surface area contributed by atoms with E-state index in [9.17, 15) is 4.39 Å². The van der Waals surface area contributed by atoms with Gasteiger partial charge in [0.1, 0.15) is 5.82 Å². The summed E-state index contributed by atoms with van der Waals surface area (Å²) in [6, 6.07) is 13.5. The highest BCUT2D eigenvalue weighted by Crippen LogP contribution is 2.36. The lowest BCUT2D eigenvalue weighted by atomic mass is 9.69. The molecule has 0 amide bonds. The summed E-state index contributed by atoms with van der Waals surface area (Å²) in [5.74, 6) is -0.197. The Kier molecular flexibility index (Phi) is 3.65. The molecule has 1 aliphatic heterocycles. The second-order valence-electron chi connectivity index (χ2n) is 5.61. The SMILES string of the molecule is Cc1ccccc1C1(Cc2ccc(F)cc2Br)CNC1. The van der Waals surface area contributed by atoms with E-state index in [-0.39, 0.29) is 11.2 Å². The summed E-state index contributed by atoms with van der Waals surface area (Å²) in [7, 11) is 0. The van der Waals surface area contributed by atoms with Gasteiger partial charge in [-0.05, 0) is 42.2 Å². The van der Waals surface area contributed by atoms with Crippen LogP contribution in [0.5, 0.6) is 0 Å². The summed E-state index contributed by atoms with van der Waals surface area (Å²) < 4.78 is 14.1. The lowest BCUT2D eigenvalue weighted by molar-refractivity contribution is 0.273. The first-order chi connectivity index (χ1) is 9.61. The van der Waals surface area contributed by atoms with Gasteiger partial charge < -0.3 is 5.32 Å². The van der Waals surface area contributed by atoms with Gasteiger partial charge in [-0.25, -0.2) is 4.39 Å². The second kappa shape index (κ2) is 5.30. The molecule has 1 heterocycles. The Morgan fingerprint density at radius 3 is 2.55 bits per heavy atom. The molecule has 104 valence electrons. The maximum Gasteiger partial charge on any atom is 0.124 e. The van der Waals surface area contributed by atoms with Gasteiger partial charge in [0.05, 0.1) is 0 Å². The molecule has 0 bridgehead atoms. The van der Waals surface area contributed by atoms with Crippen molar-refractivity contribution in [3.8, 4) is 0 Å². The molecule has 0 spiro atoms. The standard InChI is InChI=1S/C17H17BrFN/c1-12-4-2-3-5-15(12)17(10-20-11-17)9-13-6-7-14(19)8-16(13)18/h2-8,20H,9-11H2,1H3. The molecule has 2 aromatic carbocycles. The molecule has 1 saturated heterocycles. The van der Waals surface area contributed by atoms with E-state index in [1.807, 2.05) is 6.07 Å². The number of nitrogens with one attached hydrogen (secondary N) is 1. The number of benzene rings is 2. The van der Waals surface area contributed by atoms with E-state index < -0.39 is 0 Å². The molecular formula is C17H17BrFN. The first-order valence-corrected chi connectivity index (χ1v) is 7.61. The van der Waals surface area contributed by atoms with Crippen LogP contribution in [-0.4, -0.2) is 13.1 Å². The molecule has 0 aliphatic carbocycles. The molecule has 0 aromatic heterocycles. The van der Waals surface area contributed by atoms with Gasteiger partial charge in [-0.1, -0.05) is 46.3 Å². The molecule has 0 atom stereocenters. The van der Waals surface area contributed by atoms with E-state index in [0.717, 1.165) is 29.5 Å². The van der Waals surface area contributed by atoms with Gasteiger partial charge in [0, 0.05) is 23.0 Å². The number of aryl methyl sites for hydroxylation is 1. The summed E-state index contributed by atoms with van der Waals surface area (Å²) in [5.41, 5.74) is 4.02. The Balaban J connectivity index is 1.96. The predicted octanol–water partition coefficient (Wildman–Crippen LogP) is 3.98. The van der Waals surface area contributed by atoms with Crippen molar-refractivity contribution >= 4 is 15.9 Å². The maximum atomic E-state index is 13.2. The fourth-order valence-corrected chi connectivity index (χ4v) is 3.53. The minimum Gasteiger partial charge on any atom is -0.315 e. The van der Waals surface area contributed by atoms with Crippen LogP contribution in [0.15, 0.2) is 46.9 Å². The molecule has 0 unspecified atom stereocenters. The minimum atomic E-state index is -0.197. The van der Waals surface area contributed by atoms with Crippen LogP contribution in [0.25, 0.3) is 0 Å². The average Bonchev–Trinajstić information content (AvgIpc) is 2.37. The Bertz CT molecular complexity index is 635. The predicted molar refractivity (Wildman–Crippen MR) is 83.5 cm³/mol. The number of hydrogen-bond acceptors (Lipinski definition) is 1. The van der Waals surface area contributed by atoms with Gasteiger partial charge in [-0.2, -0.15) is 0 Å². The molecule has 2 aromatic rings. The average molecular weight is 334 g/mol. The molecule has 3 rings (SSSR count). The third-order valence-corrected chi connectivity index (χ3v) is 4.93. The van der Waals surface area contributed by atoms with Crippen LogP contribution in [-0.2, 0) is 11.8 Å². The summed E-state index contributed by atoms with van der Waals surface area (Å²) in [6.07, 6.45) is 0.922. The molecule has 20 heavy (non-hydrogen) atoms. The fourth-order valence-electron chi connectivity index (χ4n) is 3.03. The number of rotatable bonds is 3. The Morgan fingerprint density at radius 2 is 1.95 bits per heavy atom. The van der Waals surface area contributed by atoms with Crippen LogP contribution in [0, 0.1) is 12.7 Å². The van der Waals surface area contributed by atoms with E-state index in [1.165, 1.54) is 17.2 Å². The lowest BCUT2D eigenvalue weighted by Gasteiger charge is -2.44. The molecular weight excluding hydrogens is 317 g/mol. The summed E-state index contributed by atoms with van der Waals surface area (Å²) >= 11 is 3.48. The Morgan fingerprint density at radius 1 is 1.20 bits per heavy atom. The monoisotopic (exact) mass is 333 g/mol. The van der Waals surface area contributed by atoms with E-state index in [4.69, 9.17) is 0 Å². The smallest absolute Gasteiger partial charge is 0.124 e. The van der Waals surface area contributed by atoms with Crippen molar-refractivity contribution in [3.63, 3.8) is 0 Å². The third kappa shape index (κ3) is 2.40. The summed E-state index contributed by atoms with van der Waals surface area (Å²) in [6.45, 7) is 4.11. The molecule has 0 saturated carbocycles. The van der Waals surface area contributed by atoms with Crippen molar-refractivity contribution in [1.29, 1.82) is 0 Å². The van der Waals surface area contributed by atoms with Crippen LogP contribution in [0.1, 0.15) is 16.7 Å². The van der Waals surface area contributed by atoms with Gasteiger partial charge in [-0.3, -0.25) is 0 Å². The summed E-state index contributed by atoms with van der Waals surface area (Å²) in [4.78, 5) is 0. The Labute approximate surface area is 127 Å². The zero-order valence-corrected chi connectivity index (χ0v) is 13.0. The van der Waals surface area contributed by atoms with Crippen molar-refractivity contribution in [3.05, 3.63) is 69.4 Å². The van der Waals surface area contributed by atoms with E-state index in [0.29, 0.717) is 0 Å². The topological polar surface area (TPSA) is 12.0 Å². The van der Waals surface area contributed by atoms with Crippen molar-refractivity contribution in [2.75, 3.05) is 13.1 Å². The van der Waals surface area contributed by atoms with Gasteiger partial charge in [-0.15, -0.1) is 0 Å². The maximum absolute atomic E-state index is 13.2. The highest BCUT2D eigenvalue weighted by atomic mass is 79.9. The van der Waals surface area contributed by atoms with Crippen LogP contribution >= 0.6 is 15.9 Å².